The maximum atomic E-state index is 2.88. The predicted molar refractivity (Wildman–Crippen MR) is 262 cm³/mol. The number of aryl methyl sites for hydroxylation is 1. The lowest BCUT2D eigenvalue weighted by atomic mass is 9.44. The third kappa shape index (κ3) is 4.40. The molecule has 0 atom stereocenters. The molecule has 2 nitrogen and oxygen atoms in total. The van der Waals surface area contributed by atoms with E-state index in [0.29, 0.717) is 10.8 Å². The number of benzene rings is 6. The normalized spacial score (nSPS) is 31.5. The zero-order valence-electron chi connectivity index (χ0n) is 37.3. The summed E-state index contributed by atoms with van der Waals surface area (Å²) in [5.41, 5.74) is 23.6. The van der Waals surface area contributed by atoms with Crippen LogP contribution in [0, 0.1) is 42.4 Å². The molecule has 3 heteroatoms. The van der Waals surface area contributed by atoms with Crippen LogP contribution in [0.25, 0.3) is 44.1 Å². The van der Waals surface area contributed by atoms with Crippen molar-refractivity contribution in [3.63, 3.8) is 0 Å². The Bertz CT molecular complexity index is 3140. The van der Waals surface area contributed by atoms with Gasteiger partial charge in [0.05, 0.1) is 5.69 Å². The van der Waals surface area contributed by atoms with E-state index in [1.807, 2.05) is 0 Å². The number of hydrogen-bond donors (Lipinski definition) is 0. The molecule has 0 radical (unpaired) electrons. The first-order valence-electron chi connectivity index (χ1n) is 25.1. The maximum absolute atomic E-state index is 2.88. The standard InChI is InChI=1S/C60H57BN2/c1-34-9-4-5-10-44(34)41-23-46-48-27-43(60-31-38-20-39(32-60)22-40(21-38)33-60)26-47-45-25-42(59-28-35-17-36(29-59)19-37(18-35)30-59)15-16-52(45)63(56(47)48)61-51-13-8-12-50-57(51)62(54(24-41)55(46)61)53-14-7-6-11-49(53)58(50,2)3/h4-16,23-27,35-40H,17-22,28-33H2,1-3H3. The van der Waals surface area contributed by atoms with E-state index < -0.39 is 0 Å². The summed E-state index contributed by atoms with van der Waals surface area (Å²) < 4.78 is 2.88. The Morgan fingerprint density at radius 3 is 1.84 bits per heavy atom. The highest BCUT2D eigenvalue weighted by Crippen LogP contribution is 2.64. The predicted octanol–water partition coefficient (Wildman–Crippen LogP) is 13.8. The molecule has 11 aliphatic rings. The van der Waals surface area contributed by atoms with Gasteiger partial charge in [0.2, 0.25) is 0 Å². The van der Waals surface area contributed by atoms with Gasteiger partial charge in [-0.05, 0) is 228 Å². The molecule has 3 aliphatic heterocycles. The van der Waals surface area contributed by atoms with E-state index >= 15 is 0 Å². The zero-order valence-corrected chi connectivity index (χ0v) is 37.3. The van der Waals surface area contributed by atoms with Crippen LogP contribution in [0.5, 0.6) is 0 Å². The van der Waals surface area contributed by atoms with Crippen molar-refractivity contribution in [1.29, 1.82) is 0 Å². The van der Waals surface area contributed by atoms with Crippen molar-refractivity contribution in [3.05, 3.63) is 137 Å². The fraction of sp³-hybridized carbons (Fsp3) is 0.400. The number of fused-ring (bicyclic) bond motifs is 9. The molecular formula is C60H57BN2. The van der Waals surface area contributed by atoms with Crippen LogP contribution < -0.4 is 15.8 Å². The van der Waals surface area contributed by atoms with Gasteiger partial charge in [-0.2, -0.15) is 0 Å². The van der Waals surface area contributed by atoms with Gasteiger partial charge < -0.3 is 9.38 Å². The van der Waals surface area contributed by atoms with Gasteiger partial charge in [-0.15, -0.1) is 0 Å². The maximum Gasteiger partial charge on any atom is 0.333 e. The third-order valence-corrected chi connectivity index (χ3v) is 20.0. The summed E-state index contributed by atoms with van der Waals surface area (Å²) in [6, 6.07) is 44.7. The molecule has 6 aromatic carbocycles. The molecule has 8 saturated carbocycles. The van der Waals surface area contributed by atoms with Crippen LogP contribution in [-0.4, -0.2) is 11.3 Å². The van der Waals surface area contributed by atoms with Crippen LogP contribution in [0.15, 0.2) is 109 Å². The van der Waals surface area contributed by atoms with Gasteiger partial charge >= 0.3 is 6.85 Å². The molecule has 0 amide bonds. The average molecular weight is 817 g/mol. The van der Waals surface area contributed by atoms with Crippen molar-refractivity contribution in [2.24, 2.45) is 35.5 Å². The molecular weight excluding hydrogens is 759 g/mol. The first kappa shape index (κ1) is 35.3. The highest BCUT2D eigenvalue weighted by molar-refractivity contribution is 6.90. The molecule has 4 heterocycles. The highest BCUT2D eigenvalue weighted by Gasteiger charge is 2.54. The molecule has 310 valence electrons. The van der Waals surface area contributed by atoms with Crippen LogP contribution in [-0.2, 0) is 16.2 Å². The molecule has 0 spiro atoms. The third-order valence-electron chi connectivity index (χ3n) is 20.0. The van der Waals surface area contributed by atoms with E-state index in [-0.39, 0.29) is 12.3 Å². The summed E-state index contributed by atoms with van der Waals surface area (Å²) in [4.78, 5) is 2.71. The smallest absolute Gasteiger partial charge is 0.333 e. The van der Waals surface area contributed by atoms with Gasteiger partial charge in [0.25, 0.3) is 0 Å². The molecule has 8 aliphatic carbocycles. The number of anilines is 3. The Labute approximate surface area is 373 Å². The summed E-state index contributed by atoms with van der Waals surface area (Å²) in [6.07, 6.45) is 17.3. The van der Waals surface area contributed by atoms with Crippen molar-refractivity contribution in [3.8, 4) is 22.3 Å². The van der Waals surface area contributed by atoms with Crippen molar-refractivity contribution in [2.75, 3.05) is 4.90 Å². The van der Waals surface area contributed by atoms with Crippen molar-refractivity contribution >= 4 is 56.6 Å². The molecule has 18 rings (SSSR count). The molecule has 1 aromatic heterocycles. The minimum atomic E-state index is -0.132. The van der Waals surface area contributed by atoms with Crippen molar-refractivity contribution < 1.29 is 0 Å². The summed E-state index contributed by atoms with van der Waals surface area (Å²) in [6.45, 7) is 7.30. The SMILES string of the molecule is Cc1ccccc1-c1cc2c3c(c1)N1c4ccccc4C(C)(C)c4cccc(c41)B3n1c3ccc(C45CC6CC(CC(C6)C4)C5)cc3c3cc(C45CC6CC(CC(C6)C4)C5)cc-2c31. The Morgan fingerprint density at radius 2 is 1.14 bits per heavy atom. The first-order valence-corrected chi connectivity index (χ1v) is 25.1. The lowest BCUT2D eigenvalue weighted by molar-refractivity contribution is -0.00527. The fourth-order valence-electron chi connectivity index (χ4n) is 18.3. The Kier molecular flexibility index (Phi) is 6.52. The van der Waals surface area contributed by atoms with Crippen molar-refractivity contribution in [2.45, 2.75) is 114 Å². The second kappa shape index (κ2) is 11.6. The topological polar surface area (TPSA) is 8.17 Å². The molecule has 8 fully saturated rings. The van der Waals surface area contributed by atoms with E-state index in [2.05, 4.69) is 139 Å². The number of hydrogen-bond acceptors (Lipinski definition) is 1. The number of para-hydroxylation sites is 2. The quantitative estimate of drug-likeness (QED) is 0.161. The summed E-state index contributed by atoms with van der Waals surface area (Å²) in [5, 5.41) is 3.06. The van der Waals surface area contributed by atoms with Crippen LogP contribution >= 0.6 is 0 Å². The van der Waals surface area contributed by atoms with Gasteiger partial charge in [0, 0.05) is 44.2 Å². The second-order valence-corrected chi connectivity index (χ2v) is 23.8. The van der Waals surface area contributed by atoms with Crippen LogP contribution in [0.4, 0.5) is 17.1 Å². The van der Waals surface area contributed by atoms with Crippen LogP contribution in [0.3, 0.4) is 0 Å². The van der Waals surface area contributed by atoms with Gasteiger partial charge in [0.1, 0.15) is 0 Å². The zero-order chi connectivity index (χ0) is 41.3. The molecule has 0 unspecified atom stereocenters. The summed E-state index contributed by atoms with van der Waals surface area (Å²) >= 11 is 0. The molecule has 63 heavy (non-hydrogen) atoms. The highest BCUT2D eigenvalue weighted by atomic mass is 15.2. The average Bonchev–Trinajstić information content (AvgIpc) is 3.60. The Hall–Kier alpha value is -5.02. The summed E-state index contributed by atoms with van der Waals surface area (Å²) in [5.74, 6) is 5.52. The lowest BCUT2D eigenvalue weighted by Gasteiger charge is -2.57. The van der Waals surface area contributed by atoms with E-state index in [0.717, 1.165) is 35.5 Å². The number of rotatable bonds is 3. The minimum Gasteiger partial charge on any atom is -0.375 e. The number of aromatic nitrogens is 1. The Balaban J connectivity index is 1.04. The van der Waals surface area contributed by atoms with Crippen LogP contribution in [0.1, 0.15) is 119 Å². The van der Waals surface area contributed by atoms with Gasteiger partial charge in [-0.1, -0.05) is 80.6 Å². The van der Waals surface area contributed by atoms with Gasteiger partial charge in [0.15, 0.2) is 0 Å². The molecule has 7 aromatic rings. The fourth-order valence-corrected chi connectivity index (χ4v) is 18.3. The summed E-state index contributed by atoms with van der Waals surface area (Å²) in [7, 11) is 0. The number of nitrogens with zero attached hydrogens (tertiary/aromatic N) is 2. The van der Waals surface area contributed by atoms with E-state index in [1.165, 1.54) is 166 Å². The molecule has 8 bridgehead atoms. The Morgan fingerprint density at radius 1 is 0.524 bits per heavy atom. The van der Waals surface area contributed by atoms with Gasteiger partial charge in [-0.25, -0.2) is 0 Å². The lowest BCUT2D eigenvalue weighted by Crippen LogP contribution is -2.58. The molecule has 0 saturated heterocycles. The van der Waals surface area contributed by atoms with E-state index in [9.17, 15) is 0 Å². The minimum absolute atomic E-state index is 0.0801. The first-order chi connectivity index (χ1) is 30.7. The van der Waals surface area contributed by atoms with E-state index in [4.69, 9.17) is 0 Å². The van der Waals surface area contributed by atoms with Gasteiger partial charge in [-0.3, -0.25) is 0 Å². The second-order valence-electron chi connectivity index (χ2n) is 23.8. The largest absolute Gasteiger partial charge is 0.375 e. The molecule has 0 N–H and O–H groups in total. The van der Waals surface area contributed by atoms with Crippen molar-refractivity contribution in [1.82, 2.24) is 4.48 Å². The van der Waals surface area contributed by atoms with Crippen LogP contribution in [0.2, 0.25) is 0 Å². The monoisotopic (exact) mass is 816 g/mol. The van der Waals surface area contributed by atoms with E-state index in [1.54, 1.807) is 11.1 Å².